The van der Waals surface area contributed by atoms with Crippen molar-refractivity contribution in [2.24, 2.45) is 0 Å². The summed E-state index contributed by atoms with van der Waals surface area (Å²) in [6.07, 6.45) is 44.5. The lowest BCUT2D eigenvalue weighted by Crippen LogP contribution is -2.37. The van der Waals surface area contributed by atoms with E-state index in [1.54, 1.807) is 0 Å². The number of phosphoric ester groups is 1. The molecule has 0 heterocycles. The van der Waals surface area contributed by atoms with Crippen LogP contribution in [0.3, 0.4) is 0 Å². The van der Waals surface area contributed by atoms with Gasteiger partial charge in [0.15, 0.2) is 6.10 Å². The normalized spacial score (nSPS) is 13.9. The number of likely N-dealkylation sites (N-methyl/N-ethyl adjacent to an activating group) is 1. The highest BCUT2D eigenvalue weighted by Gasteiger charge is 2.21. The maximum absolute atomic E-state index is 12.7. The molecule has 0 aliphatic carbocycles. The van der Waals surface area contributed by atoms with Crippen LogP contribution in [-0.4, -0.2) is 70.0 Å². The Morgan fingerprint density at radius 1 is 0.544 bits per heavy atom. The first-order chi connectivity index (χ1) is 27.5. The molecule has 0 aliphatic rings. The molecule has 0 aliphatic heterocycles. The number of rotatable bonds is 42. The van der Waals surface area contributed by atoms with E-state index in [9.17, 15) is 19.0 Å². The molecule has 0 aromatic heterocycles. The second-order valence-corrected chi connectivity index (χ2v) is 18.2. The summed E-state index contributed by atoms with van der Waals surface area (Å²) in [4.78, 5) is 37.6. The van der Waals surface area contributed by atoms with Gasteiger partial charge in [0.2, 0.25) is 0 Å². The van der Waals surface area contributed by atoms with Gasteiger partial charge in [0.25, 0.3) is 7.82 Å². The van der Waals surface area contributed by atoms with Gasteiger partial charge in [0.1, 0.15) is 19.8 Å². The van der Waals surface area contributed by atoms with Crippen LogP contribution < -0.4 is 4.89 Å². The Kier molecular flexibility index (Phi) is 38.4. The number of ether oxygens (including phenoxy) is 2. The smallest absolute Gasteiger partial charge is 0.306 e. The number of unbranched alkanes of at least 4 members (excludes halogenated alkanes) is 22. The predicted octanol–water partition coefficient (Wildman–Crippen LogP) is 12.7. The van der Waals surface area contributed by atoms with Crippen LogP contribution in [0.1, 0.15) is 200 Å². The van der Waals surface area contributed by atoms with Gasteiger partial charge < -0.3 is 27.9 Å². The highest BCUT2D eigenvalue weighted by Crippen LogP contribution is 2.38. The van der Waals surface area contributed by atoms with E-state index in [0.29, 0.717) is 17.4 Å². The molecule has 0 radical (unpaired) electrons. The van der Waals surface area contributed by atoms with E-state index >= 15 is 0 Å². The summed E-state index contributed by atoms with van der Waals surface area (Å²) < 4.78 is 33.9. The molecular formula is C47H88NO8P. The van der Waals surface area contributed by atoms with E-state index in [-0.39, 0.29) is 26.1 Å². The number of allylic oxidation sites excluding steroid dienone is 6. The van der Waals surface area contributed by atoms with Gasteiger partial charge in [-0.2, -0.15) is 0 Å². The van der Waals surface area contributed by atoms with Gasteiger partial charge in [-0.15, -0.1) is 0 Å². The van der Waals surface area contributed by atoms with Crippen LogP contribution in [-0.2, 0) is 32.7 Å². The molecule has 1 unspecified atom stereocenters. The molecule has 9 nitrogen and oxygen atoms in total. The SMILES string of the molecule is CCCCC/C=C/C/C=C/CCCCCCCCCCCC(=O)O[C@H](COC(=O)CCCCCCC/C=C/CCCCCCC)COP(=O)([O-])OCC[N+](C)(C)C. The zero-order valence-corrected chi connectivity index (χ0v) is 38.4. The second kappa shape index (κ2) is 39.7. The number of carbonyl (C=O) groups excluding carboxylic acids is 2. The Balaban J connectivity index is 4.33. The summed E-state index contributed by atoms with van der Waals surface area (Å²) in [6, 6.07) is 0. The largest absolute Gasteiger partial charge is 0.756 e. The molecule has 0 aromatic carbocycles. The molecule has 0 saturated carbocycles. The highest BCUT2D eigenvalue weighted by molar-refractivity contribution is 7.45. The van der Waals surface area contributed by atoms with Crippen LogP contribution in [0, 0.1) is 0 Å². The van der Waals surface area contributed by atoms with Gasteiger partial charge in [0.05, 0.1) is 27.7 Å². The van der Waals surface area contributed by atoms with Crippen LogP contribution in [0.15, 0.2) is 36.5 Å². The Morgan fingerprint density at radius 3 is 1.44 bits per heavy atom. The van der Waals surface area contributed by atoms with Crippen molar-refractivity contribution >= 4 is 19.8 Å². The first kappa shape index (κ1) is 55.2. The Hall–Kier alpha value is -1.77. The zero-order chi connectivity index (χ0) is 42.1. The van der Waals surface area contributed by atoms with Crippen molar-refractivity contribution in [2.75, 3.05) is 47.5 Å². The molecule has 0 amide bonds. The van der Waals surface area contributed by atoms with Crippen LogP contribution >= 0.6 is 7.82 Å². The van der Waals surface area contributed by atoms with Gasteiger partial charge >= 0.3 is 11.9 Å². The minimum Gasteiger partial charge on any atom is -0.756 e. The maximum atomic E-state index is 12.7. The average molecular weight is 826 g/mol. The number of phosphoric acid groups is 1. The highest BCUT2D eigenvalue weighted by atomic mass is 31.2. The van der Waals surface area contributed by atoms with Crippen molar-refractivity contribution < 1.29 is 42.1 Å². The fourth-order valence-electron chi connectivity index (χ4n) is 6.21. The van der Waals surface area contributed by atoms with Crippen molar-refractivity contribution in [1.82, 2.24) is 0 Å². The molecule has 334 valence electrons. The molecule has 0 aromatic rings. The van der Waals surface area contributed by atoms with Gasteiger partial charge in [-0.3, -0.25) is 14.2 Å². The summed E-state index contributed by atoms with van der Waals surface area (Å²) in [6.45, 7) is 4.19. The van der Waals surface area contributed by atoms with E-state index < -0.39 is 32.5 Å². The van der Waals surface area contributed by atoms with Gasteiger partial charge in [0, 0.05) is 12.8 Å². The topological polar surface area (TPSA) is 111 Å². The Labute approximate surface area is 351 Å². The Morgan fingerprint density at radius 2 is 0.947 bits per heavy atom. The summed E-state index contributed by atoms with van der Waals surface area (Å²) in [7, 11) is 1.16. The third kappa shape index (κ3) is 43.6. The number of hydrogen-bond donors (Lipinski definition) is 0. The molecule has 0 bridgehead atoms. The maximum Gasteiger partial charge on any atom is 0.306 e. The first-order valence-corrected chi connectivity index (χ1v) is 24.7. The molecule has 0 fully saturated rings. The summed E-state index contributed by atoms with van der Waals surface area (Å²) in [5.41, 5.74) is 0. The molecule has 57 heavy (non-hydrogen) atoms. The fraction of sp³-hybridized carbons (Fsp3) is 0.830. The zero-order valence-electron chi connectivity index (χ0n) is 37.5. The predicted molar refractivity (Wildman–Crippen MR) is 236 cm³/mol. The minimum absolute atomic E-state index is 0.0330. The van der Waals surface area contributed by atoms with Crippen LogP contribution in [0.25, 0.3) is 0 Å². The number of hydrogen-bond acceptors (Lipinski definition) is 8. The molecule has 0 saturated heterocycles. The van der Waals surface area contributed by atoms with E-state index in [4.69, 9.17) is 18.5 Å². The first-order valence-electron chi connectivity index (χ1n) is 23.2. The molecule has 2 atom stereocenters. The van der Waals surface area contributed by atoms with Gasteiger partial charge in [-0.1, -0.05) is 153 Å². The summed E-state index contributed by atoms with van der Waals surface area (Å²) in [5.74, 6) is -0.846. The van der Waals surface area contributed by atoms with Crippen molar-refractivity contribution in [1.29, 1.82) is 0 Å². The second-order valence-electron chi connectivity index (χ2n) is 16.8. The summed E-state index contributed by atoms with van der Waals surface area (Å²) >= 11 is 0. The number of quaternary nitrogens is 1. The summed E-state index contributed by atoms with van der Waals surface area (Å²) in [5, 5.41) is 0. The monoisotopic (exact) mass is 826 g/mol. The number of nitrogens with zero attached hydrogens (tertiary/aromatic N) is 1. The van der Waals surface area contributed by atoms with Gasteiger partial charge in [-0.05, 0) is 70.6 Å². The van der Waals surface area contributed by atoms with Crippen LogP contribution in [0.4, 0.5) is 0 Å². The average Bonchev–Trinajstić information content (AvgIpc) is 3.16. The fourth-order valence-corrected chi connectivity index (χ4v) is 6.94. The molecule has 0 spiro atoms. The quantitative estimate of drug-likeness (QED) is 0.0197. The number of esters is 2. The molecule has 10 heteroatoms. The lowest BCUT2D eigenvalue weighted by atomic mass is 10.1. The minimum atomic E-state index is -4.63. The van der Waals surface area contributed by atoms with E-state index in [1.165, 1.54) is 96.3 Å². The van der Waals surface area contributed by atoms with Crippen LogP contribution in [0.2, 0.25) is 0 Å². The molecular weight excluding hydrogens is 737 g/mol. The van der Waals surface area contributed by atoms with E-state index in [0.717, 1.165) is 70.6 Å². The van der Waals surface area contributed by atoms with Crippen LogP contribution in [0.5, 0.6) is 0 Å². The van der Waals surface area contributed by atoms with Gasteiger partial charge in [-0.25, -0.2) is 0 Å². The lowest BCUT2D eigenvalue weighted by molar-refractivity contribution is -0.870. The standard InChI is InChI=1S/C47H88NO8P/c1-6-8-10-12-14-16-18-20-22-23-24-25-26-28-30-32-34-36-38-40-47(50)56-45(44-55-57(51,52)54-42-41-48(3,4)5)43-53-46(49)39-37-35-33-31-29-27-21-19-17-15-13-11-9-7-2/h14,16,19-22,45H,6-13,15,17-18,23-44H2,1-5H3/b16-14+,21-19+,22-20+/t45-/m1/s1. The Bertz CT molecular complexity index is 1070. The molecule has 0 rings (SSSR count). The third-order valence-electron chi connectivity index (χ3n) is 9.88. The van der Waals surface area contributed by atoms with Crippen molar-refractivity contribution in [3.8, 4) is 0 Å². The number of carbonyl (C=O) groups is 2. The van der Waals surface area contributed by atoms with E-state index in [1.807, 2.05) is 21.1 Å². The van der Waals surface area contributed by atoms with Crippen molar-refractivity contribution in [2.45, 2.75) is 206 Å². The third-order valence-corrected chi connectivity index (χ3v) is 10.8. The lowest BCUT2D eigenvalue weighted by Gasteiger charge is -2.28. The van der Waals surface area contributed by atoms with E-state index in [2.05, 4.69) is 50.3 Å². The van der Waals surface area contributed by atoms with Crippen molar-refractivity contribution in [3.05, 3.63) is 36.5 Å². The van der Waals surface area contributed by atoms with Crippen molar-refractivity contribution in [3.63, 3.8) is 0 Å². The molecule has 0 N–H and O–H groups in total.